The molecule has 0 bridgehead atoms. The summed E-state index contributed by atoms with van der Waals surface area (Å²) >= 11 is 0. The predicted molar refractivity (Wildman–Crippen MR) is 271 cm³/mol. The summed E-state index contributed by atoms with van der Waals surface area (Å²) in [5, 5.41) is 54.1. The minimum absolute atomic E-state index is 0.210. The molecule has 0 spiro atoms. The number of nitrogens with one attached hydrogen (secondary N) is 1. The van der Waals surface area contributed by atoms with Crippen molar-refractivity contribution in [3.8, 4) is 0 Å². The van der Waals surface area contributed by atoms with Gasteiger partial charge in [-0.3, -0.25) is 4.79 Å². The molecule has 1 heterocycles. The molecule has 65 heavy (non-hydrogen) atoms. The number of aliphatic hydroxyl groups is 5. The average Bonchev–Trinajstić information content (AvgIpc) is 3.31. The van der Waals surface area contributed by atoms with Crippen molar-refractivity contribution in [3.63, 3.8) is 0 Å². The normalized spacial score (nSPS) is 21.0. The van der Waals surface area contributed by atoms with Crippen molar-refractivity contribution in [1.82, 2.24) is 5.32 Å². The Labute approximate surface area is 395 Å². The fraction of sp³-hybridized carbons (Fsp3) is 0.625. The van der Waals surface area contributed by atoms with Crippen molar-refractivity contribution in [2.45, 2.75) is 211 Å². The van der Waals surface area contributed by atoms with Crippen LogP contribution in [0.15, 0.2) is 122 Å². The van der Waals surface area contributed by atoms with Gasteiger partial charge in [0.05, 0.1) is 25.4 Å². The third-order valence-electron chi connectivity index (χ3n) is 11.0. The Morgan fingerprint density at radius 2 is 0.969 bits per heavy atom. The van der Waals surface area contributed by atoms with Crippen LogP contribution in [0.2, 0.25) is 0 Å². The molecule has 9 nitrogen and oxygen atoms in total. The van der Waals surface area contributed by atoms with E-state index < -0.39 is 49.5 Å². The predicted octanol–water partition coefficient (Wildman–Crippen LogP) is 11.6. The third kappa shape index (κ3) is 34.5. The van der Waals surface area contributed by atoms with Gasteiger partial charge < -0.3 is 40.3 Å². The number of aliphatic hydroxyl groups excluding tert-OH is 5. The molecule has 7 atom stereocenters. The number of allylic oxidation sites excluding steroid dienone is 19. The zero-order valence-corrected chi connectivity index (χ0v) is 40.4. The van der Waals surface area contributed by atoms with Crippen LogP contribution >= 0.6 is 0 Å². The third-order valence-corrected chi connectivity index (χ3v) is 11.0. The van der Waals surface area contributed by atoms with E-state index in [0.29, 0.717) is 6.42 Å². The van der Waals surface area contributed by atoms with Gasteiger partial charge in [0.1, 0.15) is 24.4 Å². The van der Waals surface area contributed by atoms with Crippen molar-refractivity contribution in [1.29, 1.82) is 0 Å². The summed E-state index contributed by atoms with van der Waals surface area (Å²) < 4.78 is 11.2. The molecule has 0 radical (unpaired) electrons. The first-order valence-electron chi connectivity index (χ1n) is 25.3. The van der Waals surface area contributed by atoms with Crippen molar-refractivity contribution in [3.05, 3.63) is 122 Å². The van der Waals surface area contributed by atoms with Gasteiger partial charge in [-0.25, -0.2) is 0 Å². The summed E-state index contributed by atoms with van der Waals surface area (Å²) in [4.78, 5) is 13.0. The number of ether oxygens (including phenoxy) is 2. The smallest absolute Gasteiger partial charge is 0.220 e. The van der Waals surface area contributed by atoms with Crippen LogP contribution in [0.5, 0.6) is 0 Å². The Kier molecular flexibility index (Phi) is 40.7. The monoisotopic (exact) mass is 906 g/mol. The number of carbonyl (C=O) groups excluding carboxylic acids is 1. The SMILES string of the molecule is CC/C=C\C/C=C\C/C=C\C/C=C\C/C=C\C/C=C\C/C=C\C/C=C\CCCCCCCCC(=O)NC(COC1OC(CO)C(O)C(O)C1O)C(O)/C=C/CC/C=C/CCCCCCC. The lowest BCUT2D eigenvalue weighted by Gasteiger charge is -2.40. The van der Waals surface area contributed by atoms with E-state index in [1.807, 2.05) is 6.08 Å². The van der Waals surface area contributed by atoms with Gasteiger partial charge in [-0.05, 0) is 96.3 Å². The molecule has 1 saturated heterocycles. The highest BCUT2D eigenvalue weighted by Crippen LogP contribution is 2.22. The second-order valence-electron chi connectivity index (χ2n) is 16.9. The summed E-state index contributed by atoms with van der Waals surface area (Å²) in [6, 6.07) is -0.837. The number of hydrogen-bond acceptors (Lipinski definition) is 8. The molecule has 368 valence electrons. The van der Waals surface area contributed by atoms with Crippen molar-refractivity contribution >= 4 is 5.91 Å². The number of carbonyl (C=O) groups is 1. The minimum atomic E-state index is -1.58. The Bertz CT molecular complexity index is 1420. The minimum Gasteiger partial charge on any atom is -0.394 e. The van der Waals surface area contributed by atoms with Gasteiger partial charge in [-0.2, -0.15) is 0 Å². The highest BCUT2D eigenvalue weighted by Gasteiger charge is 2.44. The quantitative estimate of drug-likeness (QED) is 0.0263. The molecule has 6 N–H and O–H groups in total. The number of rotatable bonds is 40. The van der Waals surface area contributed by atoms with E-state index in [2.05, 4.69) is 129 Å². The highest BCUT2D eigenvalue weighted by molar-refractivity contribution is 5.76. The van der Waals surface area contributed by atoms with E-state index in [0.717, 1.165) is 116 Å². The van der Waals surface area contributed by atoms with Gasteiger partial charge in [0.2, 0.25) is 5.91 Å². The molecular formula is C56H91NO8. The second kappa shape index (κ2) is 44.4. The molecule has 0 aromatic rings. The Balaban J connectivity index is 2.26. The number of hydrogen-bond donors (Lipinski definition) is 6. The molecule has 0 saturated carbocycles. The molecule has 0 aromatic carbocycles. The first-order valence-corrected chi connectivity index (χ1v) is 25.3. The van der Waals surface area contributed by atoms with Crippen LogP contribution in [0.3, 0.4) is 0 Å². The first-order chi connectivity index (χ1) is 31.8. The van der Waals surface area contributed by atoms with E-state index in [1.165, 1.54) is 32.1 Å². The summed E-state index contributed by atoms with van der Waals surface area (Å²) in [5.74, 6) is -0.210. The van der Waals surface area contributed by atoms with Crippen LogP contribution in [0.25, 0.3) is 0 Å². The van der Waals surface area contributed by atoms with Gasteiger partial charge in [-0.15, -0.1) is 0 Å². The van der Waals surface area contributed by atoms with Gasteiger partial charge in [0.15, 0.2) is 6.29 Å². The Hall–Kier alpha value is -3.41. The van der Waals surface area contributed by atoms with Crippen LogP contribution in [-0.2, 0) is 14.3 Å². The summed E-state index contributed by atoms with van der Waals surface area (Å²) in [7, 11) is 0. The lowest BCUT2D eigenvalue weighted by molar-refractivity contribution is -0.302. The molecular weight excluding hydrogens is 815 g/mol. The largest absolute Gasteiger partial charge is 0.394 e. The maximum absolute atomic E-state index is 13.0. The van der Waals surface area contributed by atoms with E-state index in [9.17, 15) is 30.3 Å². The van der Waals surface area contributed by atoms with Gasteiger partial charge in [0.25, 0.3) is 0 Å². The van der Waals surface area contributed by atoms with Crippen molar-refractivity contribution in [2.24, 2.45) is 0 Å². The fourth-order valence-corrected chi connectivity index (χ4v) is 7.01. The van der Waals surface area contributed by atoms with Crippen LogP contribution in [0.4, 0.5) is 0 Å². The zero-order chi connectivity index (χ0) is 47.3. The summed E-state index contributed by atoms with van der Waals surface area (Å²) in [6.45, 7) is 3.58. The van der Waals surface area contributed by atoms with Gasteiger partial charge in [0, 0.05) is 6.42 Å². The maximum Gasteiger partial charge on any atom is 0.220 e. The molecule has 1 aliphatic heterocycles. The van der Waals surface area contributed by atoms with Gasteiger partial charge in [-0.1, -0.05) is 187 Å². The van der Waals surface area contributed by atoms with Crippen LogP contribution in [0, 0.1) is 0 Å². The van der Waals surface area contributed by atoms with E-state index in [-0.39, 0.29) is 12.5 Å². The molecule has 1 amide bonds. The number of amides is 1. The summed E-state index contributed by atoms with van der Waals surface area (Å²) in [6.07, 6.45) is 59.7. The second-order valence-corrected chi connectivity index (χ2v) is 16.9. The molecule has 9 heteroatoms. The Morgan fingerprint density at radius 1 is 0.538 bits per heavy atom. The van der Waals surface area contributed by atoms with Gasteiger partial charge >= 0.3 is 0 Å². The zero-order valence-electron chi connectivity index (χ0n) is 40.4. The van der Waals surface area contributed by atoms with Crippen molar-refractivity contribution in [2.75, 3.05) is 13.2 Å². The molecule has 1 aliphatic rings. The number of unbranched alkanes of at least 4 members (excludes halogenated alkanes) is 12. The van der Waals surface area contributed by atoms with E-state index in [1.54, 1.807) is 6.08 Å². The molecule has 1 fully saturated rings. The first kappa shape index (κ1) is 59.6. The highest BCUT2D eigenvalue weighted by atomic mass is 16.7. The fourth-order valence-electron chi connectivity index (χ4n) is 7.01. The molecule has 1 rings (SSSR count). The molecule has 0 aliphatic carbocycles. The Morgan fingerprint density at radius 3 is 1.48 bits per heavy atom. The van der Waals surface area contributed by atoms with E-state index >= 15 is 0 Å². The lowest BCUT2D eigenvalue weighted by atomic mass is 9.99. The lowest BCUT2D eigenvalue weighted by Crippen LogP contribution is -2.60. The standard InChI is InChI=1S/C56H91NO8/c1-3-5-7-9-11-13-15-16-17-18-19-20-21-22-23-24-25-26-27-28-29-30-31-32-33-34-36-38-40-42-44-46-52(60)57-49(48-64-56-55(63)54(62)53(61)51(47-58)65-56)50(59)45-43-41-39-37-35-14-12-10-8-6-4-2/h5,7,11,13,16-17,19-20,22-23,25-26,28-29,31-32,35,37,43,45,49-51,53-56,58-59,61-63H,3-4,6,8-10,12,14-15,18,21,24,27,30,33-34,36,38-42,44,46-48H2,1-2H3,(H,57,60)/b7-5-,13-11-,17-16-,20-19-,23-22-,26-25-,29-28-,32-31-,37-35+,45-43+. The van der Waals surface area contributed by atoms with E-state index in [4.69, 9.17) is 9.47 Å². The summed E-state index contributed by atoms with van der Waals surface area (Å²) in [5.41, 5.74) is 0. The topological polar surface area (TPSA) is 149 Å². The molecule has 7 unspecified atom stereocenters. The van der Waals surface area contributed by atoms with Crippen molar-refractivity contribution < 1.29 is 39.8 Å². The van der Waals surface area contributed by atoms with Crippen LogP contribution in [0.1, 0.15) is 168 Å². The van der Waals surface area contributed by atoms with Crippen LogP contribution in [-0.4, -0.2) is 87.5 Å². The maximum atomic E-state index is 13.0. The van der Waals surface area contributed by atoms with Crippen LogP contribution < -0.4 is 5.32 Å². The molecule has 0 aromatic heterocycles. The average molecular weight is 906 g/mol.